The van der Waals surface area contributed by atoms with E-state index in [1.807, 2.05) is 42.5 Å². The average molecular weight is 725 g/mol. The molecular formula is C32H23BrClN3O6S2. The summed E-state index contributed by atoms with van der Waals surface area (Å²) in [6.07, 6.45) is 0.742. The van der Waals surface area contributed by atoms with E-state index in [0.29, 0.717) is 23.1 Å². The van der Waals surface area contributed by atoms with Crippen LogP contribution in [0.4, 0.5) is 11.4 Å². The van der Waals surface area contributed by atoms with Crippen LogP contribution in [0, 0.1) is 39.7 Å². The molecule has 0 spiro atoms. The topological polar surface area (TPSA) is 123 Å². The van der Waals surface area contributed by atoms with Crippen molar-refractivity contribution in [2.75, 3.05) is 4.90 Å². The molecule has 0 radical (unpaired) electrons. The monoisotopic (exact) mass is 723 g/mol. The van der Waals surface area contributed by atoms with Crippen molar-refractivity contribution in [2.45, 2.75) is 29.2 Å². The summed E-state index contributed by atoms with van der Waals surface area (Å²) in [4.78, 5) is 56.4. The molecule has 1 saturated heterocycles. The second-order valence-electron chi connectivity index (χ2n) is 11.8. The van der Waals surface area contributed by atoms with Gasteiger partial charge in [0.05, 0.1) is 27.5 Å². The number of nitrogens with zero attached hydrogens (tertiary/aromatic N) is 2. The number of nitro benzene ring substituents is 1. The average Bonchev–Trinajstić information content (AvgIpc) is 3.75. The van der Waals surface area contributed by atoms with E-state index in [-0.39, 0.29) is 51.3 Å². The molecule has 2 amide bonds. The standard InChI is InChI=1S/C32H23BrClN3O6S2/c33-15-4-9-22(43-13-14-2-1-3-16(34)10-14)19(11-15)23-24-20-12-21(27(24)44-29-28(23)45-32(40)35-29)26-25(20)30(38)36(31(26)39)17-5-7-18(8-6-17)37(41)42/h1-11,20-21,23-27H,12-13H2,(H,35,40)/t20?,21?,23-,24?,25?,26?,27?/m1/s1. The second-order valence-corrected chi connectivity index (χ2v) is 15.4. The molecule has 2 aliphatic heterocycles. The highest BCUT2D eigenvalue weighted by atomic mass is 79.9. The highest BCUT2D eigenvalue weighted by molar-refractivity contribution is 9.10. The predicted octanol–water partition coefficient (Wildman–Crippen LogP) is 7.02. The summed E-state index contributed by atoms with van der Waals surface area (Å²) >= 11 is 12.7. The highest BCUT2D eigenvalue weighted by Gasteiger charge is 2.69. The number of non-ortho nitro benzene ring substituents is 1. The van der Waals surface area contributed by atoms with Gasteiger partial charge in [-0.3, -0.25) is 29.4 Å². The number of aromatic amines is 1. The van der Waals surface area contributed by atoms with E-state index in [1.165, 1.54) is 40.5 Å². The number of rotatable bonds is 6. The molecule has 1 N–H and O–H groups in total. The molecule has 228 valence electrons. The lowest BCUT2D eigenvalue weighted by atomic mass is 9.68. The number of carbonyl (C=O) groups is 2. The lowest BCUT2D eigenvalue weighted by molar-refractivity contribution is -0.384. The quantitative estimate of drug-likeness (QED) is 0.129. The van der Waals surface area contributed by atoms with Crippen molar-refractivity contribution in [3.63, 3.8) is 0 Å². The number of benzene rings is 3. The zero-order chi connectivity index (χ0) is 31.1. The molecule has 2 saturated carbocycles. The van der Waals surface area contributed by atoms with Gasteiger partial charge in [0.2, 0.25) is 11.8 Å². The van der Waals surface area contributed by atoms with Crippen molar-refractivity contribution in [3.05, 3.63) is 112 Å². The van der Waals surface area contributed by atoms with Gasteiger partial charge in [0, 0.05) is 43.2 Å². The van der Waals surface area contributed by atoms with Gasteiger partial charge in [-0.2, -0.15) is 0 Å². The third kappa shape index (κ3) is 4.59. The van der Waals surface area contributed by atoms with E-state index in [2.05, 4.69) is 20.9 Å². The number of carbonyl (C=O) groups excluding carboxylic acids is 2. The molecule has 9 nitrogen and oxygen atoms in total. The normalized spacial score (nSPS) is 27.8. The molecule has 6 unspecified atom stereocenters. The van der Waals surface area contributed by atoms with Crippen molar-refractivity contribution in [1.29, 1.82) is 0 Å². The summed E-state index contributed by atoms with van der Waals surface area (Å²) in [5.74, 6) is -1.19. The third-order valence-corrected chi connectivity index (χ3v) is 12.9. The summed E-state index contributed by atoms with van der Waals surface area (Å²) in [6, 6.07) is 18.9. The van der Waals surface area contributed by atoms with Gasteiger partial charge in [0.15, 0.2) is 0 Å². The van der Waals surface area contributed by atoms with Gasteiger partial charge in [0.1, 0.15) is 12.4 Å². The van der Waals surface area contributed by atoms with Gasteiger partial charge in [-0.25, -0.2) is 0 Å². The van der Waals surface area contributed by atoms with Gasteiger partial charge in [-0.15, -0.1) is 11.8 Å². The maximum Gasteiger partial charge on any atom is 0.305 e. The van der Waals surface area contributed by atoms with Gasteiger partial charge in [-0.05, 0) is 72.2 Å². The van der Waals surface area contributed by atoms with E-state index in [0.717, 1.165) is 31.9 Å². The van der Waals surface area contributed by atoms with Crippen LogP contribution in [0.25, 0.3) is 0 Å². The Hall–Kier alpha value is -3.45. The summed E-state index contributed by atoms with van der Waals surface area (Å²) in [5.41, 5.74) is 2.09. The van der Waals surface area contributed by atoms with Crippen LogP contribution in [0.15, 0.2) is 81.0 Å². The number of hydrogen-bond donors (Lipinski definition) is 1. The molecule has 8 rings (SSSR count). The minimum atomic E-state index is -0.508. The Labute approximate surface area is 278 Å². The fraction of sp³-hybridized carbons (Fsp3) is 0.281. The summed E-state index contributed by atoms with van der Waals surface area (Å²) in [6.45, 7) is 0.301. The molecule has 3 heterocycles. The van der Waals surface area contributed by atoms with E-state index in [4.69, 9.17) is 16.3 Å². The number of nitro groups is 1. The first-order valence-corrected chi connectivity index (χ1v) is 17.2. The summed E-state index contributed by atoms with van der Waals surface area (Å²) < 4.78 is 7.28. The molecule has 2 aliphatic carbocycles. The number of thioether (sulfide) groups is 1. The Morgan fingerprint density at radius 1 is 1.02 bits per heavy atom. The number of fused-ring (bicyclic) bond motifs is 9. The molecule has 13 heteroatoms. The molecule has 45 heavy (non-hydrogen) atoms. The first-order valence-electron chi connectivity index (χ1n) is 14.4. The third-order valence-electron chi connectivity index (χ3n) is 9.63. The van der Waals surface area contributed by atoms with Crippen molar-refractivity contribution in [3.8, 4) is 5.75 Å². The first-order chi connectivity index (χ1) is 21.7. The molecule has 4 aromatic rings. The summed E-state index contributed by atoms with van der Waals surface area (Å²) in [5, 5.41) is 12.6. The zero-order valence-corrected chi connectivity index (χ0v) is 27.2. The number of thiazole rings is 1. The molecule has 3 aromatic carbocycles. The Morgan fingerprint density at radius 2 is 1.78 bits per heavy atom. The van der Waals surface area contributed by atoms with Crippen LogP contribution in [-0.2, 0) is 16.2 Å². The molecule has 2 bridgehead atoms. The SMILES string of the molecule is O=C1C2C3CC(C2C(=O)N1c1ccc([N+](=O)[O-])cc1)C1C3Sc2[nH]c(=O)sc2[C@@H]1c1cc(Br)ccc1OCc1cccc(Cl)c1. The van der Waals surface area contributed by atoms with Crippen LogP contribution >= 0.6 is 50.6 Å². The molecule has 4 aliphatic rings. The first kappa shape index (κ1) is 29.0. The van der Waals surface area contributed by atoms with Crippen molar-refractivity contribution in [1.82, 2.24) is 4.98 Å². The van der Waals surface area contributed by atoms with Crippen LogP contribution < -0.4 is 14.5 Å². The Morgan fingerprint density at radius 3 is 2.51 bits per heavy atom. The summed E-state index contributed by atoms with van der Waals surface area (Å²) in [7, 11) is 0. The van der Waals surface area contributed by atoms with Gasteiger partial charge in [0.25, 0.3) is 5.69 Å². The van der Waals surface area contributed by atoms with E-state index in [9.17, 15) is 24.5 Å². The fourth-order valence-electron chi connectivity index (χ4n) is 8.02. The maximum absolute atomic E-state index is 14.0. The number of imide groups is 1. The fourth-order valence-corrected chi connectivity index (χ4v) is 11.5. The van der Waals surface area contributed by atoms with Crippen LogP contribution in [-0.4, -0.2) is 27.0 Å². The Bertz CT molecular complexity index is 1960. The number of H-pyrrole nitrogens is 1. The van der Waals surface area contributed by atoms with E-state index in [1.54, 1.807) is 11.8 Å². The highest BCUT2D eigenvalue weighted by Crippen LogP contribution is 2.69. The molecule has 1 aromatic heterocycles. The molecule has 7 atom stereocenters. The lowest BCUT2D eigenvalue weighted by Gasteiger charge is -2.43. The maximum atomic E-state index is 14.0. The van der Waals surface area contributed by atoms with E-state index < -0.39 is 16.8 Å². The molecular weight excluding hydrogens is 702 g/mol. The van der Waals surface area contributed by atoms with Gasteiger partial charge < -0.3 is 9.72 Å². The van der Waals surface area contributed by atoms with Crippen molar-refractivity contribution >= 4 is 73.8 Å². The minimum Gasteiger partial charge on any atom is -0.489 e. The number of aromatic nitrogens is 1. The largest absolute Gasteiger partial charge is 0.489 e. The van der Waals surface area contributed by atoms with E-state index >= 15 is 0 Å². The second kappa shape index (κ2) is 10.8. The van der Waals surface area contributed by atoms with Crippen LogP contribution in [0.1, 0.15) is 28.3 Å². The number of halogens is 2. The smallest absolute Gasteiger partial charge is 0.305 e. The van der Waals surface area contributed by atoms with Gasteiger partial charge in [-0.1, -0.05) is 51.0 Å². The predicted molar refractivity (Wildman–Crippen MR) is 174 cm³/mol. The zero-order valence-electron chi connectivity index (χ0n) is 23.2. The molecule has 3 fully saturated rings. The van der Waals surface area contributed by atoms with Crippen LogP contribution in [0.5, 0.6) is 5.75 Å². The minimum absolute atomic E-state index is 0.00678. The van der Waals surface area contributed by atoms with Crippen molar-refractivity contribution < 1.29 is 19.2 Å². The van der Waals surface area contributed by atoms with Crippen molar-refractivity contribution in [2.24, 2.45) is 29.6 Å². The number of hydrogen-bond acceptors (Lipinski definition) is 8. The van der Waals surface area contributed by atoms with Crippen LogP contribution in [0.3, 0.4) is 0 Å². The lowest BCUT2D eigenvalue weighted by Crippen LogP contribution is -2.42. The van der Waals surface area contributed by atoms with Gasteiger partial charge >= 0.3 is 4.87 Å². The Balaban J connectivity index is 1.18. The number of ether oxygens (including phenoxy) is 1. The number of amides is 2. The number of nitrogens with one attached hydrogen (secondary N) is 1. The Kier molecular flexibility index (Phi) is 6.97. The number of anilines is 1. The van der Waals surface area contributed by atoms with Crippen LogP contribution in [0.2, 0.25) is 5.02 Å².